The lowest BCUT2D eigenvalue weighted by molar-refractivity contribution is -0.127. The van der Waals surface area contributed by atoms with Crippen LogP contribution in [0.15, 0.2) is 36.0 Å². The lowest BCUT2D eigenvalue weighted by Gasteiger charge is -2.26. The molecule has 2 N–H and O–H groups in total. The average Bonchev–Trinajstić information content (AvgIpc) is 3.19. The highest BCUT2D eigenvalue weighted by molar-refractivity contribution is 6.16. The fourth-order valence-corrected chi connectivity index (χ4v) is 4.70. The van der Waals surface area contributed by atoms with Crippen molar-refractivity contribution in [2.24, 2.45) is 0 Å². The standard InChI is InChI=1S/C25H30N4O3/c1-16-9-11-20(12-10-16)26-23(30)15-28-24(31)22(27-25(28)32)14-19-13-17(2)29(18(19)3)21-7-5-4-6-8-21/h9-14,21H,4-8,15H2,1-3H3,(H,26,30)(H,27,32). The first-order valence-electron chi connectivity index (χ1n) is 11.2. The summed E-state index contributed by atoms with van der Waals surface area (Å²) in [5.41, 5.74) is 5.07. The molecule has 1 saturated heterocycles. The van der Waals surface area contributed by atoms with Crippen molar-refractivity contribution in [3.8, 4) is 0 Å². The molecule has 2 aliphatic rings. The van der Waals surface area contributed by atoms with Gasteiger partial charge in [-0.05, 0) is 63.5 Å². The summed E-state index contributed by atoms with van der Waals surface area (Å²) in [4.78, 5) is 38.6. The predicted octanol–water partition coefficient (Wildman–Crippen LogP) is 4.45. The number of amides is 4. The minimum absolute atomic E-state index is 0.196. The van der Waals surface area contributed by atoms with Gasteiger partial charge in [0.2, 0.25) is 5.91 Å². The average molecular weight is 435 g/mol. The summed E-state index contributed by atoms with van der Waals surface area (Å²) in [5.74, 6) is -0.911. The summed E-state index contributed by atoms with van der Waals surface area (Å²) in [7, 11) is 0. The molecule has 0 radical (unpaired) electrons. The van der Waals surface area contributed by atoms with Gasteiger partial charge in [0, 0.05) is 23.1 Å². The highest BCUT2D eigenvalue weighted by Crippen LogP contribution is 2.33. The van der Waals surface area contributed by atoms with E-state index in [4.69, 9.17) is 0 Å². The molecule has 1 aliphatic carbocycles. The molecule has 4 rings (SSSR count). The number of nitrogens with one attached hydrogen (secondary N) is 2. The van der Waals surface area contributed by atoms with Crippen LogP contribution in [0.25, 0.3) is 6.08 Å². The zero-order chi connectivity index (χ0) is 22.8. The van der Waals surface area contributed by atoms with Crippen molar-refractivity contribution in [2.75, 3.05) is 11.9 Å². The van der Waals surface area contributed by atoms with E-state index < -0.39 is 17.8 Å². The SMILES string of the molecule is Cc1ccc(NC(=O)CN2C(=O)NC(=Cc3cc(C)n(C4CCCCC4)c3C)C2=O)cc1. The van der Waals surface area contributed by atoms with Gasteiger partial charge >= 0.3 is 6.03 Å². The molecule has 2 aromatic rings. The van der Waals surface area contributed by atoms with Crippen LogP contribution < -0.4 is 10.6 Å². The summed E-state index contributed by atoms with van der Waals surface area (Å²) in [6, 6.07) is 9.30. The molecule has 1 saturated carbocycles. The quantitative estimate of drug-likeness (QED) is 0.539. The lowest BCUT2D eigenvalue weighted by atomic mass is 9.95. The predicted molar refractivity (Wildman–Crippen MR) is 124 cm³/mol. The van der Waals surface area contributed by atoms with Gasteiger partial charge in [-0.15, -0.1) is 0 Å². The van der Waals surface area contributed by atoms with Crippen molar-refractivity contribution < 1.29 is 14.4 Å². The maximum absolute atomic E-state index is 12.8. The van der Waals surface area contributed by atoms with Crippen LogP contribution in [0.1, 0.15) is 60.7 Å². The van der Waals surface area contributed by atoms with E-state index in [0.717, 1.165) is 27.4 Å². The van der Waals surface area contributed by atoms with Gasteiger partial charge < -0.3 is 15.2 Å². The highest BCUT2D eigenvalue weighted by atomic mass is 16.2. The molecule has 1 aliphatic heterocycles. The Kier molecular flexibility index (Phi) is 6.17. The Bertz CT molecular complexity index is 1080. The zero-order valence-corrected chi connectivity index (χ0v) is 18.9. The summed E-state index contributed by atoms with van der Waals surface area (Å²) in [6.07, 6.45) is 7.84. The van der Waals surface area contributed by atoms with Crippen LogP contribution in [0.3, 0.4) is 0 Å². The van der Waals surface area contributed by atoms with Crippen LogP contribution >= 0.6 is 0 Å². The second kappa shape index (κ2) is 9.02. The number of hydrogen-bond acceptors (Lipinski definition) is 3. The van der Waals surface area contributed by atoms with Crippen LogP contribution in [0.5, 0.6) is 0 Å². The molecule has 32 heavy (non-hydrogen) atoms. The van der Waals surface area contributed by atoms with Gasteiger partial charge in [0.25, 0.3) is 5.91 Å². The molecular weight excluding hydrogens is 404 g/mol. The van der Waals surface area contributed by atoms with E-state index in [-0.39, 0.29) is 12.2 Å². The maximum Gasteiger partial charge on any atom is 0.329 e. The Labute approximate surface area is 188 Å². The summed E-state index contributed by atoms with van der Waals surface area (Å²) >= 11 is 0. The largest absolute Gasteiger partial charge is 0.346 e. The molecular formula is C25H30N4O3. The van der Waals surface area contributed by atoms with Crippen molar-refractivity contribution in [3.05, 3.63) is 58.5 Å². The number of rotatable bonds is 5. The first-order valence-corrected chi connectivity index (χ1v) is 11.2. The van der Waals surface area contributed by atoms with E-state index in [2.05, 4.69) is 35.1 Å². The second-order valence-electron chi connectivity index (χ2n) is 8.78. The van der Waals surface area contributed by atoms with Crippen molar-refractivity contribution in [1.82, 2.24) is 14.8 Å². The third-order valence-electron chi connectivity index (χ3n) is 6.36. The Morgan fingerprint density at radius 1 is 1.09 bits per heavy atom. The molecule has 0 atom stereocenters. The monoisotopic (exact) mass is 434 g/mol. The van der Waals surface area contributed by atoms with Crippen molar-refractivity contribution in [1.29, 1.82) is 0 Å². The maximum atomic E-state index is 12.8. The number of carbonyl (C=O) groups excluding carboxylic acids is 3. The zero-order valence-electron chi connectivity index (χ0n) is 18.9. The third-order valence-corrected chi connectivity index (χ3v) is 6.36. The highest BCUT2D eigenvalue weighted by Gasteiger charge is 2.35. The summed E-state index contributed by atoms with van der Waals surface area (Å²) in [6.45, 7) is 5.76. The fraction of sp³-hybridized carbons (Fsp3) is 0.400. The van der Waals surface area contributed by atoms with Crippen molar-refractivity contribution in [2.45, 2.75) is 58.9 Å². The van der Waals surface area contributed by atoms with Gasteiger partial charge in [0.05, 0.1) is 0 Å². The molecule has 7 nitrogen and oxygen atoms in total. The first kappa shape index (κ1) is 21.9. The van der Waals surface area contributed by atoms with Gasteiger partial charge in [-0.2, -0.15) is 0 Å². The van der Waals surface area contributed by atoms with Gasteiger partial charge in [-0.3, -0.25) is 9.59 Å². The number of aryl methyl sites for hydroxylation is 2. The summed E-state index contributed by atoms with van der Waals surface area (Å²) < 4.78 is 2.36. The minimum Gasteiger partial charge on any atom is -0.346 e. The molecule has 2 fully saturated rings. The minimum atomic E-state index is -0.582. The molecule has 4 amide bonds. The van der Waals surface area contributed by atoms with E-state index in [1.165, 1.54) is 32.1 Å². The van der Waals surface area contributed by atoms with E-state index in [1.54, 1.807) is 18.2 Å². The molecule has 1 aromatic heterocycles. The third kappa shape index (κ3) is 4.47. The van der Waals surface area contributed by atoms with Gasteiger partial charge in [-0.25, -0.2) is 9.69 Å². The van der Waals surface area contributed by atoms with E-state index in [1.807, 2.05) is 19.1 Å². The summed E-state index contributed by atoms with van der Waals surface area (Å²) in [5, 5.41) is 5.35. The Hall–Kier alpha value is -3.35. The van der Waals surface area contributed by atoms with Gasteiger partial charge in [-0.1, -0.05) is 37.0 Å². The van der Waals surface area contributed by atoms with Crippen molar-refractivity contribution in [3.63, 3.8) is 0 Å². The topological polar surface area (TPSA) is 83.4 Å². The number of nitrogens with zero attached hydrogens (tertiary/aromatic N) is 2. The number of carbonyl (C=O) groups is 3. The first-order chi connectivity index (χ1) is 15.3. The second-order valence-corrected chi connectivity index (χ2v) is 8.78. The van der Waals surface area contributed by atoms with E-state index >= 15 is 0 Å². The van der Waals surface area contributed by atoms with Crippen LogP contribution in [-0.2, 0) is 9.59 Å². The molecule has 1 aromatic carbocycles. The van der Waals surface area contributed by atoms with E-state index in [0.29, 0.717) is 11.7 Å². The smallest absolute Gasteiger partial charge is 0.329 e. The van der Waals surface area contributed by atoms with Crippen LogP contribution in [-0.4, -0.2) is 33.9 Å². The van der Waals surface area contributed by atoms with E-state index in [9.17, 15) is 14.4 Å². The number of hydrogen-bond donors (Lipinski definition) is 2. The molecule has 168 valence electrons. The Morgan fingerprint density at radius 2 is 1.78 bits per heavy atom. The number of imide groups is 1. The normalized spacial score (nSPS) is 18.3. The Morgan fingerprint density at radius 3 is 2.47 bits per heavy atom. The molecule has 0 bridgehead atoms. The molecule has 0 spiro atoms. The number of anilines is 1. The number of aromatic nitrogens is 1. The number of benzene rings is 1. The number of urea groups is 1. The fourth-order valence-electron chi connectivity index (χ4n) is 4.70. The lowest BCUT2D eigenvalue weighted by Crippen LogP contribution is -2.38. The molecule has 7 heteroatoms. The van der Waals surface area contributed by atoms with Crippen LogP contribution in [0.4, 0.5) is 10.5 Å². The van der Waals surface area contributed by atoms with Gasteiger partial charge in [0.1, 0.15) is 12.2 Å². The van der Waals surface area contributed by atoms with Crippen LogP contribution in [0.2, 0.25) is 0 Å². The molecule has 2 heterocycles. The van der Waals surface area contributed by atoms with Crippen molar-refractivity contribution >= 4 is 29.6 Å². The molecule has 0 unspecified atom stereocenters. The Balaban J connectivity index is 1.47. The van der Waals surface area contributed by atoms with Crippen LogP contribution in [0, 0.1) is 20.8 Å². The van der Waals surface area contributed by atoms with Gasteiger partial charge in [0.15, 0.2) is 0 Å².